The van der Waals surface area contributed by atoms with Gasteiger partial charge in [-0.25, -0.2) is 0 Å². The second-order valence-electron chi connectivity index (χ2n) is 8.18. The summed E-state index contributed by atoms with van der Waals surface area (Å²) in [6, 6.07) is 8.12. The number of carbonyl (C=O) groups excluding carboxylic acids is 1. The summed E-state index contributed by atoms with van der Waals surface area (Å²) in [7, 11) is 3.46. The fraction of sp³-hybridized carbons (Fsp3) is 0.565. The van der Waals surface area contributed by atoms with Crippen LogP contribution < -0.4 is 10.1 Å². The maximum absolute atomic E-state index is 12.9. The Bertz CT molecular complexity index is 840. The fourth-order valence-electron chi connectivity index (χ4n) is 4.75. The van der Waals surface area contributed by atoms with Gasteiger partial charge in [0.2, 0.25) is 5.91 Å². The van der Waals surface area contributed by atoms with Gasteiger partial charge in [0.1, 0.15) is 5.75 Å². The van der Waals surface area contributed by atoms with Crippen LogP contribution in [0.1, 0.15) is 61.4 Å². The zero-order valence-corrected chi connectivity index (χ0v) is 17.4. The highest BCUT2D eigenvalue weighted by molar-refractivity contribution is 5.79. The lowest BCUT2D eigenvalue weighted by molar-refractivity contribution is -0.127. The molecule has 4 rings (SSSR count). The lowest BCUT2D eigenvalue weighted by Crippen LogP contribution is -2.37. The van der Waals surface area contributed by atoms with E-state index in [-0.39, 0.29) is 17.9 Å². The van der Waals surface area contributed by atoms with Crippen LogP contribution >= 0.6 is 0 Å². The molecule has 1 aromatic carbocycles. The molecule has 1 amide bonds. The Morgan fingerprint density at radius 3 is 2.72 bits per heavy atom. The van der Waals surface area contributed by atoms with Crippen LogP contribution in [0.25, 0.3) is 0 Å². The number of aromatic nitrogens is 2. The molecule has 1 unspecified atom stereocenters. The van der Waals surface area contributed by atoms with E-state index in [1.165, 1.54) is 11.3 Å². The molecule has 0 bridgehead atoms. The Morgan fingerprint density at radius 1 is 1.17 bits per heavy atom. The van der Waals surface area contributed by atoms with Gasteiger partial charge in [0.15, 0.2) is 0 Å². The number of nitrogens with zero attached hydrogens (tertiary/aromatic N) is 2. The summed E-state index contributed by atoms with van der Waals surface area (Å²) in [6.07, 6.45) is 9.07. The summed E-state index contributed by atoms with van der Waals surface area (Å²) < 4.78 is 13.0. The number of para-hydroxylation sites is 1. The van der Waals surface area contributed by atoms with Gasteiger partial charge in [-0.1, -0.05) is 18.2 Å². The molecule has 1 saturated carbocycles. The molecular weight excluding hydrogens is 366 g/mol. The first-order valence-corrected chi connectivity index (χ1v) is 10.7. The predicted octanol–water partition coefficient (Wildman–Crippen LogP) is 3.64. The van der Waals surface area contributed by atoms with Crippen LogP contribution in [0.2, 0.25) is 0 Å². The van der Waals surface area contributed by atoms with E-state index in [1.54, 1.807) is 14.2 Å². The van der Waals surface area contributed by atoms with Crippen molar-refractivity contribution in [3.05, 3.63) is 47.3 Å². The van der Waals surface area contributed by atoms with E-state index >= 15 is 0 Å². The number of ether oxygens (including phenoxy) is 2. The Hall–Kier alpha value is -2.34. The smallest absolute Gasteiger partial charge is 0.223 e. The van der Waals surface area contributed by atoms with E-state index in [0.29, 0.717) is 12.6 Å². The summed E-state index contributed by atoms with van der Waals surface area (Å²) in [5, 5.41) is 7.97. The standard InChI is InChI=1S/C23H31N3O3/c1-28-18-12-10-16(11-13-18)23(27)25-20-7-5-8-21-19(20)14-24-26(21)15-17-6-3-4-9-22(17)29-2/h3-4,6,9,14,16,18,20H,5,7-8,10-13,15H2,1-2H3,(H,25,27). The minimum Gasteiger partial charge on any atom is -0.496 e. The first kappa shape index (κ1) is 20.0. The molecule has 1 N–H and O–H groups in total. The van der Waals surface area contributed by atoms with Crippen LogP contribution in [-0.2, 0) is 22.5 Å². The predicted molar refractivity (Wildman–Crippen MR) is 111 cm³/mol. The molecule has 2 aliphatic rings. The summed E-state index contributed by atoms with van der Waals surface area (Å²) >= 11 is 0. The molecule has 2 aromatic rings. The second kappa shape index (κ2) is 8.99. The van der Waals surface area contributed by atoms with Crippen LogP contribution in [0.15, 0.2) is 30.5 Å². The summed E-state index contributed by atoms with van der Waals surface area (Å²) in [5.41, 5.74) is 3.52. The van der Waals surface area contributed by atoms with Crippen LogP contribution in [0.5, 0.6) is 5.75 Å². The Balaban J connectivity index is 1.45. The minimum absolute atomic E-state index is 0.0674. The van der Waals surface area contributed by atoms with Crippen molar-refractivity contribution < 1.29 is 14.3 Å². The Kier molecular flexibility index (Phi) is 6.19. The average Bonchev–Trinajstić information content (AvgIpc) is 3.18. The van der Waals surface area contributed by atoms with E-state index in [0.717, 1.165) is 56.3 Å². The Labute approximate surface area is 172 Å². The third-order valence-corrected chi connectivity index (χ3v) is 6.47. The number of benzene rings is 1. The summed E-state index contributed by atoms with van der Waals surface area (Å²) in [5.74, 6) is 1.18. The van der Waals surface area contributed by atoms with Gasteiger partial charge in [-0.05, 0) is 51.0 Å². The zero-order valence-electron chi connectivity index (χ0n) is 17.4. The average molecular weight is 398 g/mol. The zero-order chi connectivity index (χ0) is 20.2. The van der Waals surface area contributed by atoms with E-state index in [1.807, 2.05) is 24.4 Å². The molecule has 0 aliphatic heterocycles. The summed E-state index contributed by atoms with van der Waals surface area (Å²) in [4.78, 5) is 12.9. The first-order valence-electron chi connectivity index (χ1n) is 10.7. The van der Waals surface area contributed by atoms with Crippen molar-refractivity contribution in [2.75, 3.05) is 14.2 Å². The van der Waals surface area contributed by atoms with Gasteiger partial charge in [0.05, 0.1) is 32.0 Å². The highest BCUT2D eigenvalue weighted by Crippen LogP contribution is 2.32. The monoisotopic (exact) mass is 397 g/mol. The lowest BCUT2D eigenvalue weighted by Gasteiger charge is -2.30. The molecule has 6 heteroatoms. The van der Waals surface area contributed by atoms with Crippen LogP contribution in [0, 0.1) is 5.92 Å². The van der Waals surface area contributed by atoms with Crippen molar-refractivity contribution in [3.63, 3.8) is 0 Å². The number of methoxy groups -OCH3 is 2. The number of fused-ring (bicyclic) bond motifs is 1. The molecule has 0 spiro atoms. The highest BCUT2D eigenvalue weighted by Gasteiger charge is 2.30. The second-order valence-corrected chi connectivity index (χ2v) is 8.18. The van der Waals surface area contributed by atoms with Crippen molar-refractivity contribution in [3.8, 4) is 5.75 Å². The number of hydrogen-bond acceptors (Lipinski definition) is 4. The fourth-order valence-corrected chi connectivity index (χ4v) is 4.75. The van der Waals surface area contributed by atoms with Gasteiger partial charge in [0, 0.05) is 29.8 Å². The number of nitrogens with one attached hydrogen (secondary N) is 1. The van der Waals surface area contributed by atoms with Gasteiger partial charge < -0.3 is 14.8 Å². The molecule has 1 atom stereocenters. The molecule has 156 valence electrons. The largest absolute Gasteiger partial charge is 0.496 e. The van der Waals surface area contributed by atoms with E-state index in [9.17, 15) is 4.79 Å². The maximum atomic E-state index is 12.9. The maximum Gasteiger partial charge on any atom is 0.223 e. The molecule has 0 radical (unpaired) electrons. The molecule has 29 heavy (non-hydrogen) atoms. The third kappa shape index (κ3) is 4.32. The highest BCUT2D eigenvalue weighted by atomic mass is 16.5. The topological polar surface area (TPSA) is 65.4 Å². The van der Waals surface area contributed by atoms with Gasteiger partial charge in [-0.3, -0.25) is 9.48 Å². The molecule has 1 heterocycles. The summed E-state index contributed by atoms with van der Waals surface area (Å²) in [6.45, 7) is 0.682. The van der Waals surface area contributed by atoms with Crippen molar-refractivity contribution in [2.45, 2.75) is 63.6 Å². The quantitative estimate of drug-likeness (QED) is 0.808. The SMILES string of the molecule is COc1ccccc1Cn1ncc2c1CCCC2NC(=O)C1CCC(OC)CC1. The van der Waals surface area contributed by atoms with Crippen LogP contribution in [0.3, 0.4) is 0 Å². The van der Waals surface area contributed by atoms with Gasteiger partial charge in [0.25, 0.3) is 0 Å². The molecule has 1 aromatic heterocycles. The number of hydrogen-bond donors (Lipinski definition) is 1. The van der Waals surface area contributed by atoms with Crippen molar-refractivity contribution in [2.24, 2.45) is 5.92 Å². The number of amides is 1. The van der Waals surface area contributed by atoms with Gasteiger partial charge in [-0.15, -0.1) is 0 Å². The minimum atomic E-state index is 0.0674. The van der Waals surface area contributed by atoms with Crippen molar-refractivity contribution in [1.29, 1.82) is 0 Å². The van der Waals surface area contributed by atoms with Crippen molar-refractivity contribution >= 4 is 5.91 Å². The normalized spacial score (nSPS) is 24.0. The lowest BCUT2D eigenvalue weighted by atomic mass is 9.86. The Morgan fingerprint density at radius 2 is 1.97 bits per heavy atom. The molecule has 2 aliphatic carbocycles. The van der Waals surface area contributed by atoms with E-state index in [4.69, 9.17) is 9.47 Å². The van der Waals surface area contributed by atoms with Crippen molar-refractivity contribution in [1.82, 2.24) is 15.1 Å². The van der Waals surface area contributed by atoms with Gasteiger partial charge >= 0.3 is 0 Å². The van der Waals surface area contributed by atoms with E-state index in [2.05, 4.69) is 21.2 Å². The van der Waals surface area contributed by atoms with Gasteiger partial charge in [-0.2, -0.15) is 5.10 Å². The van der Waals surface area contributed by atoms with E-state index < -0.39 is 0 Å². The number of carbonyl (C=O) groups is 1. The van der Waals surface area contributed by atoms with Crippen LogP contribution in [0.4, 0.5) is 0 Å². The molecule has 0 saturated heterocycles. The molecule has 1 fully saturated rings. The molecular formula is C23H31N3O3. The third-order valence-electron chi connectivity index (χ3n) is 6.47. The first-order chi connectivity index (χ1) is 14.2. The molecule has 6 nitrogen and oxygen atoms in total. The van der Waals surface area contributed by atoms with Crippen LogP contribution in [-0.4, -0.2) is 36.0 Å². The number of rotatable bonds is 6.